The molecule has 1 aliphatic carbocycles. The molecular weight excluding hydrogens is 320 g/mol. The number of nitrogens with zero attached hydrogens (tertiary/aromatic N) is 3. The number of hydrogen-bond donors (Lipinski definition) is 1. The van der Waals surface area contributed by atoms with Crippen LogP contribution in [0.25, 0.3) is 22.4 Å². The standard InChI is InChI=1S/C18H10N4O3/c23-15-12-4-2-1-3-10(12)11-6-5-9(7-13(11)15)8-14-18(24)20-17-16(19-14)21-25-22-17/h1-7H,8H2,(H,20,22,24). The first-order valence-electron chi connectivity index (χ1n) is 7.69. The van der Waals surface area contributed by atoms with E-state index in [4.69, 9.17) is 0 Å². The van der Waals surface area contributed by atoms with Gasteiger partial charge in [-0.25, -0.2) is 9.61 Å². The molecule has 120 valence electrons. The normalized spacial score (nSPS) is 12.4. The van der Waals surface area contributed by atoms with Crippen molar-refractivity contribution in [3.05, 3.63) is 75.2 Å². The number of H-pyrrole nitrogens is 1. The molecule has 0 atom stereocenters. The fourth-order valence-corrected chi connectivity index (χ4v) is 3.19. The highest BCUT2D eigenvalue weighted by atomic mass is 16.6. The SMILES string of the molecule is O=C1c2ccccc2-c2ccc(Cc3nc4nonc4[nH]c3=O)cc21. The first-order chi connectivity index (χ1) is 12.2. The van der Waals surface area contributed by atoms with Crippen LogP contribution in [0.15, 0.2) is 51.9 Å². The van der Waals surface area contributed by atoms with Gasteiger partial charge in [-0.05, 0) is 33.1 Å². The number of fused-ring (bicyclic) bond motifs is 4. The van der Waals surface area contributed by atoms with Gasteiger partial charge in [0.1, 0.15) is 5.69 Å². The van der Waals surface area contributed by atoms with Gasteiger partial charge in [0.25, 0.3) is 5.56 Å². The third-order valence-corrected chi connectivity index (χ3v) is 4.37. The first-order valence-corrected chi connectivity index (χ1v) is 7.69. The average molecular weight is 330 g/mol. The predicted molar refractivity (Wildman–Crippen MR) is 88.3 cm³/mol. The van der Waals surface area contributed by atoms with Gasteiger partial charge in [0.15, 0.2) is 5.78 Å². The van der Waals surface area contributed by atoms with Crippen molar-refractivity contribution >= 4 is 17.1 Å². The molecule has 0 saturated carbocycles. The minimum absolute atomic E-state index is 0.00507. The van der Waals surface area contributed by atoms with Crippen molar-refractivity contribution in [2.45, 2.75) is 6.42 Å². The Kier molecular flexibility index (Phi) is 2.73. The van der Waals surface area contributed by atoms with E-state index in [0.717, 1.165) is 16.7 Å². The second-order valence-electron chi connectivity index (χ2n) is 5.88. The fraction of sp³-hybridized carbons (Fsp3) is 0.0556. The summed E-state index contributed by atoms with van der Waals surface area (Å²) in [5.41, 5.74) is 4.47. The molecule has 0 unspecified atom stereocenters. The van der Waals surface area contributed by atoms with Gasteiger partial charge in [0, 0.05) is 17.5 Å². The summed E-state index contributed by atoms with van der Waals surface area (Å²) in [7, 11) is 0. The van der Waals surface area contributed by atoms with E-state index in [9.17, 15) is 9.59 Å². The van der Waals surface area contributed by atoms with Gasteiger partial charge >= 0.3 is 0 Å². The van der Waals surface area contributed by atoms with Crippen molar-refractivity contribution in [2.75, 3.05) is 0 Å². The smallest absolute Gasteiger partial charge is 0.271 e. The lowest BCUT2D eigenvalue weighted by atomic mass is 10.0. The summed E-state index contributed by atoms with van der Waals surface area (Å²) in [5.74, 6) is 0.00507. The van der Waals surface area contributed by atoms with Gasteiger partial charge in [-0.3, -0.25) is 14.6 Å². The first kappa shape index (κ1) is 13.8. The summed E-state index contributed by atoms with van der Waals surface area (Å²) in [6.07, 6.45) is 0.287. The zero-order valence-corrected chi connectivity index (χ0v) is 12.8. The Labute approximate surface area is 140 Å². The van der Waals surface area contributed by atoms with Crippen LogP contribution in [0.5, 0.6) is 0 Å². The molecule has 1 aliphatic rings. The minimum Gasteiger partial charge on any atom is -0.299 e. The van der Waals surface area contributed by atoms with Crippen LogP contribution >= 0.6 is 0 Å². The van der Waals surface area contributed by atoms with Gasteiger partial charge in [0.2, 0.25) is 11.3 Å². The summed E-state index contributed by atoms with van der Waals surface area (Å²) < 4.78 is 4.56. The van der Waals surface area contributed by atoms with Crippen LogP contribution in [0.2, 0.25) is 0 Å². The van der Waals surface area contributed by atoms with E-state index in [0.29, 0.717) is 16.8 Å². The van der Waals surface area contributed by atoms with Crippen molar-refractivity contribution in [1.29, 1.82) is 0 Å². The second kappa shape index (κ2) is 4.94. The third-order valence-electron chi connectivity index (χ3n) is 4.37. The number of rotatable bonds is 2. The average Bonchev–Trinajstić information content (AvgIpc) is 3.19. The lowest BCUT2D eigenvalue weighted by Crippen LogP contribution is -2.15. The topological polar surface area (TPSA) is 102 Å². The quantitative estimate of drug-likeness (QED) is 0.532. The molecule has 1 N–H and O–H groups in total. The van der Waals surface area contributed by atoms with Gasteiger partial charge in [-0.2, -0.15) is 0 Å². The molecule has 7 nitrogen and oxygen atoms in total. The molecule has 0 aliphatic heterocycles. The van der Waals surface area contributed by atoms with Crippen LogP contribution in [0, 0.1) is 0 Å². The third kappa shape index (κ3) is 2.02. The summed E-state index contributed by atoms with van der Waals surface area (Å²) in [4.78, 5) is 31.5. The Morgan fingerprint density at radius 2 is 1.72 bits per heavy atom. The van der Waals surface area contributed by atoms with E-state index in [1.807, 2.05) is 42.5 Å². The maximum absolute atomic E-state index is 12.6. The molecule has 4 aromatic rings. The molecule has 0 fully saturated rings. The van der Waals surface area contributed by atoms with E-state index in [1.165, 1.54) is 0 Å². The summed E-state index contributed by atoms with van der Waals surface area (Å²) >= 11 is 0. The number of hydrogen-bond acceptors (Lipinski definition) is 6. The summed E-state index contributed by atoms with van der Waals surface area (Å²) in [6, 6.07) is 13.2. The van der Waals surface area contributed by atoms with Gasteiger partial charge < -0.3 is 0 Å². The minimum atomic E-state index is -0.349. The molecule has 2 aromatic heterocycles. The van der Waals surface area contributed by atoms with Crippen LogP contribution in [0.3, 0.4) is 0 Å². The second-order valence-corrected chi connectivity index (χ2v) is 5.88. The summed E-state index contributed by atoms with van der Waals surface area (Å²) in [5, 5.41) is 7.20. The highest BCUT2D eigenvalue weighted by molar-refractivity contribution is 6.21. The molecule has 25 heavy (non-hydrogen) atoms. The fourth-order valence-electron chi connectivity index (χ4n) is 3.19. The zero-order chi connectivity index (χ0) is 17.0. The van der Waals surface area contributed by atoms with Crippen molar-refractivity contribution < 1.29 is 9.42 Å². The highest BCUT2D eigenvalue weighted by Gasteiger charge is 2.26. The van der Waals surface area contributed by atoms with E-state index >= 15 is 0 Å². The molecule has 2 heterocycles. The van der Waals surface area contributed by atoms with Crippen molar-refractivity contribution in [3.63, 3.8) is 0 Å². The lowest BCUT2D eigenvalue weighted by molar-refractivity contribution is 0.104. The Bertz CT molecular complexity index is 1220. The van der Waals surface area contributed by atoms with Gasteiger partial charge in [-0.1, -0.05) is 36.4 Å². The number of aromatic nitrogens is 4. The molecule has 0 spiro atoms. The maximum atomic E-state index is 12.6. The van der Waals surface area contributed by atoms with Crippen LogP contribution in [0.1, 0.15) is 27.2 Å². The van der Waals surface area contributed by atoms with E-state index < -0.39 is 0 Å². The number of benzene rings is 2. The Hall–Kier alpha value is -3.61. The number of carbonyl (C=O) groups is 1. The largest absolute Gasteiger partial charge is 0.299 e. The zero-order valence-electron chi connectivity index (χ0n) is 12.8. The molecule has 0 saturated heterocycles. The Morgan fingerprint density at radius 3 is 2.60 bits per heavy atom. The molecule has 0 bridgehead atoms. The number of ketones is 1. The number of carbonyl (C=O) groups excluding carboxylic acids is 1. The maximum Gasteiger partial charge on any atom is 0.271 e. The van der Waals surface area contributed by atoms with Crippen molar-refractivity contribution in [3.8, 4) is 11.1 Å². The van der Waals surface area contributed by atoms with Gasteiger partial charge in [-0.15, -0.1) is 0 Å². The van der Waals surface area contributed by atoms with Crippen LogP contribution in [0.4, 0.5) is 0 Å². The molecule has 7 heteroatoms. The van der Waals surface area contributed by atoms with Crippen molar-refractivity contribution in [1.82, 2.24) is 20.3 Å². The Morgan fingerprint density at radius 1 is 0.920 bits per heavy atom. The molecule has 0 amide bonds. The van der Waals surface area contributed by atoms with Crippen molar-refractivity contribution in [2.24, 2.45) is 0 Å². The number of aromatic amines is 1. The summed E-state index contributed by atoms with van der Waals surface area (Å²) in [6.45, 7) is 0. The highest BCUT2D eigenvalue weighted by Crippen LogP contribution is 2.36. The molecule has 5 rings (SSSR count). The Balaban J connectivity index is 1.57. The molecular formula is C18H10N4O3. The van der Waals surface area contributed by atoms with E-state index in [-0.39, 0.29) is 29.1 Å². The molecule has 2 aromatic carbocycles. The van der Waals surface area contributed by atoms with E-state index in [1.54, 1.807) is 0 Å². The predicted octanol–water partition coefficient (Wildman–Crippen LogP) is 2.11. The monoisotopic (exact) mass is 330 g/mol. The number of nitrogens with one attached hydrogen (secondary N) is 1. The molecule has 0 radical (unpaired) electrons. The van der Waals surface area contributed by atoms with Crippen LogP contribution in [-0.2, 0) is 6.42 Å². The van der Waals surface area contributed by atoms with E-state index in [2.05, 4.69) is 24.9 Å². The lowest BCUT2D eigenvalue weighted by Gasteiger charge is -2.04. The van der Waals surface area contributed by atoms with Gasteiger partial charge in [0.05, 0.1) is 0 Å². The van der Waals surface area contributed by atoms with Crippen LogP contribution in [-0.4, -0.2) is 26.1 Å². The van der Waals surface area contributed by atoms with Crippen LogP contribution < -0.4 is 5.56 Å².